The first-order valence-electron chi connectivity index (χ1n) is 7.29. The average Bonchev–Trinajstić information content (AvgIpc) is 2.53. The molecule has 0 aliphatic carbocycles. The Bertz CT molecular complexity index is 972. The van der Waals surface area contributed by atoms with Crippen molar-refractivity contribution in [1.82, 2.24) is 0 Å². The van der Waals surface area contributed by atoms with Crippen LogP contribution in [0.5, 0.6) is 0 Å². The van der Waals surface area contributed by atoms with E-state index in [2.05, 4.69) is 0 Å². The molecule has 0 amide bonds. The summed E-state index contributed by atoms with van der Waals surface area (Å²) in [4.78, 5) is 46.8. The number of carbonyl (C=O) groups is 4. The molecule has 0 aliphatic heterocycles. The van der Waals surface area contributed by atoms with Gasteiger partial charge in [0.05, 0.1) is 22.3 Å². The topological polar surface area (TPSA) is 149 Å². The monoisotopic (exact) mass is 358 g/mol. The summed E-state index contributed by atoms with van der Waals surface area (Å²) in [7, 11) is 0. The van der Waals surface area contributed by atoms with Gasteiger partial charge in [0, 0.05) is 5.56 Å². The van der Waals surface area contributed by atoms with Crippen molar-refractivity contribution >= 4 is 23.9 Å². The van der Waals surface area contributed by atoms with Crippen molar-refractivity contribution in [2.45, 2.75) is 13.8 Å². The van der Waals surface area contributed by atoms with E-state index in [4.69, 9.17) is 0 Å². The molecular formula is C18H14O8. The summed E-state index contributed by atoms with van der Waals surface area (Å²) in [6.45, 7) is 2.90. The normalized spacial score (nSPS) is 10.4. The summed E-state index contributed by atoms with van der Waals surface area (Å²) in [6.07, 6.45) is 0. The highest BCUT2D eigenvalue weighted by Crippen LogP contribution is 2.37. The van der Waals surface area contributed by atoms with Crippen LogP contribution >= 0.6 is 0 Å². The fourth-order valence-corrected chi connectivity index (χ4v) is 2.97. The third kappa shape index (κ3) is 2.88. The highest BCUT2D eigenvalue weighted by molar-refractivity contribution is 6.17. The highest BCUT2D eigenvalue weighted by Gasteiger charge is 2.35. The molecule has 8 nitrogen and oxygen atoms in total. The van der Waals surface area contributed by atoms with Gasteiger partial charge in [-0.3, -0.25) is 0 Å². The molecule has 0 saturated carbocycles. The minimum absolute atomic E-state index is 0.129. The molecule has 0 aliphatic rings. The molecule has 0 fully saturated rings. The number of rotatable bonds is 5. The van der Waals surface area contributed by atoms with Gasteiger partial charge in [-0.25, -0.2) is 19.2 Å². The molecule has 0 aromatic heterocycles. The zero-order chi connectivity index (χ0) is 19.8. The van der Waals surface area contributed by atoms with Gasteiger partial charge in [-0.15, -0.1) is 0 Å². The van der Waals surface area contributed by atoms with Crippen LogP contribution in [0.4, 0.5) is 0 Å². The van der Waals surface area contributed by atoms with Crippen molar-refractivity contribution < 1.29 is 39.6 Å². The van der Waals surface area contributed by atoms with E-state index in [9.17, 15) is 39.6 Å². The van der Waals surface area contributed by atoms with E-state index in [1.807, 2.05) is 0 Å². The Kier molecular flexibility index (Phi) is 4.79. The van der Waals surface area contributed by atoms with Crippen molar-refractivity contribution in [2.24, 2.45) is 0 Å². The van der Waals surface area contributed by atoms with Crippen LogP contribution in [0.1, 0.15) is 52.6 Å². The Hall–Kier alpha value is -3.68. The first-order chi connectivity index (χ1) is 12.1. The Morgan fingerprint density at radius 3 is 1.50 bits per heavy atom. The van der Waals surface area contributed by atoms with E-state index in [0.29, 0.717) is 11.1 Å². The minimum Gasteiger partial charge on any atom is -0.478 e. The Balaban J connectivity index is 3.23. The number of hydrogen-bond donors (Lipinski definition) is 4. The number of carboxylic acid groups (broad SMARTS) is 4. The van der Waals surface area contributed by atoms with Gasteiger partial charge in [-0.05, 0) is 30.5 Å². The van der Waals surface area contributed by atoms with Gasteiger partial charge >= 0.3 is 23.9 Å². The van der Waals surface area contributed by atoms with E-state index in [1.165, 1.54) is 13.0 Å². The molecular weight excluding hydrogens is 344 g/mol. The first-order valence-corrected chi connectivity index (χ1v) is 7.29. The number of aromatic carboxylic acids is 4. The third-order valence-corrected chi connectivity index (χ3v) is 4.02. The highest BCUT2D eigenvalue weighted by atomic mass is 16.4. The van der Waals surface area contributed by atoms with E-state index in [0.717, 1.165) is 0 Å². The van der Waals surface area contributed by atoms with E-state index in [1.54, 1.807) is 25.1 Å². The lowest BCUT2D eigenvalue weighted by atomic mass is 9.83. The zero-order valence-corrected chi connectivity index (χ0v) is 13.7. The number of benzene rings is 2. The van der Waals surface area contributed by atoms with Gasteiger partial charge in [0.1, 0.15) is 0 Å². The zero-order valence-electron chi connectivity index (χ0n) is 13.7. The van der Waals surface area contributed by atoms with Crippen molar-refractivity contribution in [3.63, 3.8) is 0 Å². The molecule has 0 unspecified atom stereocenters. The molecule has 0 heterocycles. The van der Waals surface area contributed by atoms with E-state index >= 15 is 0 Å². The first kappa shape index (κ1) is 18.7. The molecule has 0 spiro atoms. The fraction of sp³-hybridized carbons (Fsp3) is 0.111. The second kappa shape index (κ2) is 6.67. The van der Waals surface area contributed by atoms with Gasteiger partial charge in [0.2, 0.25) is 0 Å². The fourth-order valence-electron chi connectivity index (χ4n) is 2.97. The molecule has 2 aromatic carbocycles. The summed E-state index contributed by atoms with van der Waals surface area (Å²) in [6, 6.07) is 6.42. The predicted molar refractivity (Wildman–Crippen MR) is 89.2 cm³/mol. The lowest BCUT2D eigenvalue weighted by molar-refractivity contribution is 0.0619. The Morgan fingerprint density at radius 1 is 0.654 bits per heavy atom. The standard InChI is InChI=1S/C18H14O8/c1-7-5-3-4-6-9(7)10-8(2)11(15(19)20)13(17(23)24)14(18(25)26)12(10)16(21)22/h3-6H,1-2H3,(H,19,20)(H,21,22)(H,23,24)(H,25,26). The second-order valence-electron chi connectivity index (χ2n) is 5.54. The summed E-state index contributed by atoms with van der Waals surface area (Å²) in [5.74, 6) is -6.99. The Labute approximate surface area is 147 Å². The number of aryl methyl sites for hydroxylation is 1. The quantitative estimate of drug-likeness (QED) is 0.637. The number of hydrogen-bond acceptors (Lipinski definition) is 4. The SMILES string of the molecule is Cc1ccccc1-c1c(C)c(C(=O)O)c(C(=O)O)c(C(=O)O)c1C(=O)O. The Morgan fingerprint density at radius 2 is 1.08 bits per heavy atom. The summed E-state index contributed by atoms with van der Waals surface area (Å²) in [5, 5.41) is 37.9. The van der Waals surface area contributed by atoms with Crippen LogP contribution in [0.15, 0.2) is 24.3 Å². The molecule has 0 saturated heterocycles. The van der Waals surface area contributed by atoms with E-state index < -0.39 is 46.1 Å². The lowest BCUT2D eigenvalue weighted by Crippen LogP contribution is -2.22. The predicted octanol–water partition coefficient (Wildman–Crippen LogP) is 2.76. The van der Waals surface area contributed by atoms with Crippen molar-refractivity contribution in [1.29, 1.82) is 0 Å². The van der Waals surface area contributed by atoms with Crippen LogP contribution < -0.4 is 0 Å². The van der Waals surface area contributed by atoms with Crippen LogP contribution in [-0.4, -0.2) is 44.3 Å². The minimum atomic E-state index is -1.84. The average molecular weight is 358 g/mol. The van der Waals surface area contributed by atoms with Gasteiger partial charge in [-0.1, -0.05) is 24.3 Å². The maximum absolute atomic E-state index is 11.8. The molecule has 8 heteroatoms. The van der Waals surface area contributed by atoms with Crippen molar-refractivity contribution in [3.8, 4) is 11.1 Å². The molecule has 2 rings (SSSR count). The molecule has 4 N–H and O–H groups in total. The maximum Gasteiger partial charge on any atom is 0.337 e. The van der Waals surface area contributed by atoms with Gasteiger partial charge in [0.15, 0.2) is 0 Å². The molecule has 26 heavy (non-hydrogen) atoms. The third-order valence-electron chi connectivity index (χ3n) is 4.02. The van der Waals surface area contributed by atoms with Gasteiger partial charge < -0.3 is 20.4 Å². The van der Waals surface area contributed by atoms with Gasteiger partial charge in [0.25, 0.3) is 0 Å². The van der Waals surface area contributed by atoms with Crippen LogP contribution in [0.3, 0.4) is 0 Å². The lowest BCUT2D eigenvalue weighted by Gasteiger charge is -2.19. The van der Waals surface area contributed by atoms with Crippen LogP contribution in [0.25, 0.3) is 11.1 Å². The molecule has 134 valence electrons. The van der Waals surface area contributed by atoms with Crippen molar-refractivity contribution in [3.05, 3.63) is 57.6 Å². The van der Waals surface area contributed by atoms with Crippen LogP contribution in [0, 0.1) is 13.8 Å². The summed E-state index contributed by atoms with van der Waals surface area (Å²) < 4.78 is 0. The van der Waals surface area contributed by atoms with E-state index in [-0.39, 0.29) is 11.1 Å². The van der Waals surface area contributed by atoms with Crippen LogP contribution in [0.2, 0.25) is 0 Å². The largest absolute Gasteiger partial charge is 0.478 e. The maximum atomic E-state index is 11.8. The molecule has 2 aromatic rings. The molecule has 0 bridgehead atoms. The van der Waals surface area contributed by atoms with Gasteiger partial charge in [-0.2, -0.15) is 0 Å². The summed E-state index contributed by atoms with van der Waals surface area (Å²) in [5.41, 5.74) is -3.01. The molecule has 0 radical (unpaired) electrons. The summed E-state index contributed by atoms with van der Waals surface area (Å²) >= 11 is 0. The second-order valence-corrected chi connectivity index (χ2v) is 5.54. The van der Waals surface area contributed by atoms with Crippen molar-refractivity contribution in [2.75, 3.05) is 0 Å². The smallest absolute Gasteiger partial charge is 0.337 e. The molecule has 0 atom stereocenters. The van der Waals surface area contributed by atoms with Crippen LogP contribution in [-0.2, 0) is 0 Å². The number of carboxylic acids is 4.